The first-order valence-electron chi connectivity index (χ1n) is 8.22. The maximum absolute atomic E-state index is 12.4. The molecule has 1 aromatic carbocycles. The molecular formula is C20H18N2O3S. The van der Waals surface area contributed by atoms with E-state index in [1.807, 2.05) is 30.3 Å². The average molecular weight is 366 g/mol. The van der Waals surface area contributed by atoms with Crippen molar-refractivity contribution < 1.29 is 14.3 Å². The molecule has 0 atom stereocenters. The van der Waals surface area contributed by atoms with Gasteiger partial charge in [0, 0.05) is 29.3 Å². The summed E-state index contributed by atoms with van der Waals surface area (Å²) in [7, 11) is 0. The first kappa shape index (κ1) is 17.8. The first-order valence-corrected chi connectivity index (χ1v) is 9.04. The van der Waals surface area contributed by atoms with Gasteiger partial charge in [-0.1, -0.05) is 30.3 Å². The normalized spacial score (nSPS) is 10.3. The van der Waals surface area contributed by atoms with Crippen LogP contribution in [-0.2, 0) is 11.2 Å². The van der Waals surface area contributed by atoms with Gasteiger partial charge in [-0.3, -0.25) is 9.78 Å². The molecule has 0 fully saturated rings. The second-order valence-electron chi connectivity index (χ2n) is 5.53. The minimum atomic E-state index is -0.437. The number of thiophene rings is 1. The average Bonchev–Trinajstić information content (AvgIpc) is 3.05. The Morgan fingerprint density at radius 1 is 1.12 bits per heavy atom. The highest BCUT2D eigenvalue weighted by molar-refractivity contribution is 7.16. The molecule has 1 N–H and O–H groups in total. The highest BCUT2D eigenvalue weighted by Crippen LogP contribution is 2.31. The Hall–Kier alpha value is -2.99. The quantitative estimate of drug-likeness (QED) is 0.665. The Morgan fingerprint density at radius 3 is 2.54 bits per heavy atom. The van der Waals surface area contributed by atoms with Crippen LogP contribution in [0.25, 0.3) is 0 Å². The summed E-state index contributed by atoms with van der Waals surface area (Å²) in [4.78, 5) is 29.6. The number of anilines is 1. The third-order valence-corrected chi connectivity index (χ3v) is 4.72. The molecule has 0 saturated carbocycles. The Kier molecular flexibility index (Phi) is 5.76. The number of rotatable bonds is 6. The number of benzene rings is 1. The summed E-state index contributed by atoms with van der Waals surface area (Å²) in [6.07, 6.45) is 3.79. The third kappa shape index (κ3) is 4.34. The summed E-state index contributed by atoms with van der Waals surface area (Å²) >= 11 is 1.38. The lowest BCUT2D eigenvalue weighted by molar-refractivity contribution is 0.0528. The topological polar surface area (TPSA) is 68.3 Å². The summed E-state index contributed by atoms with van der Waals surface area (Å²) in [6.45, 7) is 2.03. The van der Waals surface area contributed by atoms with Crippen LogP contribution in [0.15, 0.2) is 60.9 Å². The number of amides is 1. The summed E-state index contributed by atoms with van der Waals surface area (Å²) < 4.78 is 5.13. The Balaban J connectivity index is 1.86. The standard InChI is InChI=1S/C20H18N2O3S/c1-2-25-20(24)17-13-16(12-14-6-4-3-5-7-14)26-19(17)22-18(23)15-8-10-21-11-9-15/h3-11,13H,2,12H2,1H3,(H,22,23). The minimum absolute atomic E-state index is 0.278. The van der Waals surface area contributed by atoms with Gasteiger partial charge in [-0.05, 0) is 30.7 Å². The van der Waals surface area contributed by atoms with E-state index in [9.17, 15) is 9.59 Å². The number of aromatic nitrogens is 1. The summed E-state index contributed by atoms with van der Waals surface area (Å²) in [5, 5.41) is 3.32. The van der Waals surface area contributed by atoms with Crippen molar-refractivity contribution in [3.8, 4) is 0 Å². The number of carbonyl (C=O) groups is 2. The van der Waals surface area contributed by atoms with E-state index >= 15 is 0 Å². The van der Waals surface area contributed by atoms with Gasteiger partial charge >= 0.3 is 5.97 Å². The number of ether oxygens (including phenoxy) is 1. The molecule has 0 bridgehead atoms. The van der Waals surface area contributed by atoms with Gasteiger partial charge in [0.15, 0.2) is 0 Å². The number of carbonyl (C=O) groups excluding carboxylic acids is 2. The van der Waals surface area contributed by atoms with Crippen molar-refractivity contribution in [1.29, 1.82) is 0 Å². The van der Waals surface area contributed by atoms with E-state index in [0.29, 0.717) is 22.5 Å². The highest BCUT2D eigenvalue weighted by Gasteiger charge is 2.19. The molecule has 0 saturated heterocycles. The highest BCUT2D eigenvalue weighted by atomic mass is 32.1. The SMILES string of the molecule is CCOC(=O)c1cc(Cc2ccccc2)sc1NC(=O)c1ccncc1. The number of esters is 1. The fourth-order valence-electron chi connectivity index (χ4n) is 2.46. The van der Waals surface area contributed by atoms with E-state index in [1.54, 1.807) is 37.5 Å². The van der Waals surface area contributed by atoms with Gasteiger partial charge in [0.2, 0.25) is 0 Å². The zero-order chi connectivity index (χ0) is 18.4. The molecule has 3 aromatic rings. The molecule has 0 aliphatic rings. The zero-order valence-corrected chi connectivity index (χ0v) is 15.1. The summed E-state index contributed by atoms with van der Waals surface area (Å²) in [5.41, 5.74) is 1.99. The van der Waals surface area contributed by atoms with E-state index in [1.165, 1.54) is 11.3 Å². The van der Waals surface area contributed by atoms with Crippen LogP contribution in [0, 0.1) is 0 Å². The number of hydrogen-bond donors (Lipinski definition) is 1. The van der Waals surface area contributed by atoms with Crippen molar-refractivity contribution in [2.75, 3.05) is 11.9 Å². The number of nitrogens with zero attached hydrogens (tertiary/aromatic N) is 1. The van der Waals surface area contributed by atoms with Crippen LogP contribution in [-0.4, -0.2) is 23.5 Å². The summed E-state index contributed by atoms with van der Waals surface area (Å²) in [5.74, 6) is -0.723. The number of hydrogen-bond acceptors (Lipinski definition) is 5. The van der Waals surface area contributed by atoms with Crippen LogP contribution in [0.4, 0.5) is 5.00 Å². The van der Waals surface area contributed by atoms with Crippen molar-refractivity contribution >= 4 is 28.2 Å². The third-order valence-electron chi connectivity index (χ3n) is 3.67. The smallest absolute Gasteiger partial charge is 0.341 e. The monoisotopic (exact) mass is 366 g/mol. The molecule has 1 amide bonds. The van der Waals surface area contributed by atoms with Gasteiger partial charge in [0.05, 0.1) is 12.2 Å². The van der Waals surface area contributed by atoms with Gasteiger partial charge < -0.3 is 10.1 Å². The lowest BCUT2D eigenvalue weighted by Gasteiger charge is -2.05. The molecule has 132 valence electrons. The zero-order valence-electron chi connectivity index (χ0n) is 14.3. The molecule has 0 aliphatic carbocycles. The predicted octanol–water partition coefficient (Wildman–Crippen LogP) is 4.16. The molecule has 0 unspecified atom stereocenters. The van der Waals surface area contributed by atoms with E-state index in [4.69, 9.17) is 4.74 Å². The Morgan fingerprint density at radius 2 is 1.85 bits per heavy atom. The van der Waals surface area contributed by atoms with E-state index < -0.39 is 5.97 Å². The number of pyridine rings is 1. The Labute approximate surface area is 155 Å². The van der Waals surface area contributed by atoms with Crippen LogP contribution < -0.4 is 5.32 Å². The lowest BCUT2D eigenvalue weighted by atomic mass is 10.1. The lowest BCUT2D eigenvalue weighted by Crippen LogP contribution is -2.14. The molecule has 5 nitrogen and oxygen atoms in total. The van der Waals surface area contributed by atoms with Gasteiger partial charge in [0.1, 0.15) is 5.00 Å². The van der Waals surface area contributed by atoms with Crippen molar-refractivity contribution in [1.82, 2.24) is 4.98 Å². The van der Waals surface area contributed by atoms with Crippen LogP contribution in [0.1, 0.15) is 38.1 Å². The van der Waals surface area contributed by atoms with Crippen molar-refractivity contribution in [2.24, 2.45) is 0 Å². The van der Waals surface area contributed by atoms with E-state index in [2.05, 4.69) is 10.3 Å². The molecule has 0 aliphatic heterocycles. The largest absolute Gasteiger partial charge is 0.462 e. The fourth-order valence-corrected chi connectivity index (χ4v) is 3.53. The molecule has 0 spiro atoms. The van der Waals surface area contributed by atoms with Crippen LogP contribution in [0.5, 0.6) is 0 Å². The molecule has 3 rings (SSSR count). The van der Waals surface area contributed by atoms with E-state index in [-0.39, 0.29) is 12.5 Å². The second kappa shape index (κ2) is 8.40. The molecule has 26 heavy (non-hydrogen) atoms. The minimum Gasteiger partial charge on any atom is -0.462 e. The van der Waals surface area contributed by atoms with Crippen molar-refractivity contribution in [2.45, 2.75) is 13.3 Å². The predicted molar refractivity (Wildman–Crippen MR) is 102 cm³/mol. The maximum atomic E-state index is 12.4. The molecule has 0 radical (unpaired) electrons. The van der Waals surface area contributed by atoms with Gasteiger partial charge in [-0.2, -0.15) is 0 Å². The van der Waals surface area contributed by atoms with Crippen LogP contribution in [0.3, 0.4) is 0 Å². The number of nitrogens with one attached hydrogen (secondary N) is 1. The molecule has 2 heterocycles. The molecule has 2 aromatic heterocycles. The van der Waals surface area contributed by atoms with Gasteiger partial charge in [-0.25, -0.2) is 4.79 Å². The van der Waals surface area contributed by atoms with Gasteiger partial charge in [-0.15, -0.1) is 11.3 Å². The fraction of sp³-hybridized carbons (Fsp3) is 0.150. The summed E-state index contributed by atoms with van der Waals surface area (Å²) in [6, 6.07) is 15.0. The van der Waals surface area contributed by atoms with Crippen molar-refractivity contribution in [3.63, 3.8) is 0 Å². The van der Waals surface area contributed by atoms with Crippen LogP contribution >= 0.6 is 11.3 Å². The van der Waals surface area contributed by atoms with E-state index in [0.717, 1.165) is 10.4 Å². The first-order chi connectivity index (χ1) is 12.7. The Bertz CT molecular complexity index is 892. The molecule has 6 heteroatoms. The van der Waals surface area contributed by atoms with Crippen LogP contribution in [0.2, 0.25) is 0 Å². The second-order valence-corrected chi connectivity index (χ2v) is 6.67. The van der Waals surface area contributed by atoms with Gasteiger partial charge in [0.25, 0.3) is 5.91 Å². The molecular weight excluding hydrogens is 348 g/mol. The maximum Gasteiger partial charge on any atom is 0.341 e. The van der Waals surface area contributed by atoms with Crippen molar-refractivity contribution in [3.05, 3.63) is 82.5 Å².